The first kappa shape index (κ1) is 11.8. The van der Waals surface area contributed by atoms with Crippen LogP contribution >= 0.6 is 0 Å². The summed E-state index contributed by atoms with van der Waals surface area (Å²) in [5.41, 5.74) is -0.767. The summed E-state index contributed by atoms with van der Waals surface area (Å²) in [6.07, 6.45) is 1.71. The molecule has 17 heavy (non-hydrogen) atoms. The average Bonchev–Trinajstić information content (AvgIpc) is 2.39. The van der Waals surface area contributed by atoms with Gasteiger partial charge in [0.2, 0.25) is 0 Å². The second-order valence-corrected chi connectivity index (χ2v) is 4.38. The van der Waals surface area contributed by atoms with Crippen molar-refractivity contribution in [1.82, 2.24) is 4.98 Å². The summed E-state index contributed by atoms with van der Waals surface area (Å²) in [7, 11) is 0. The van der Waals surface area contributed by atoms with E-state index in [4.69, 9.17) is 0 Å². The molecular formula is C13H16N2O2. The molecule has 0 atom stereocenters. The van der Waals surface area contributed by atoms with Crippen molar-refractivity contribution in [2.24, 2.45) is 0 Å². The van der Waals surface area contributed by atoms with Crippen molar-refractivity contribution < 1.29 is 10.2 Å². The van der Waals surface area contributed by atoms with Gasteiger partial charge in [0.25, 0.3) is 0 Å². The van der Waals surface area contributed by atoms with Crippen LogP contribution in [0, 0.1) is 0 Å². The largest absolute Gasteiger partial charge is 0.394 e. The maximum atomic E-state index is 9.27. The molecule has 0 aliphatic heterocycles. The lowest BCUT2D eigenvalue weighted by atomic mass is 10.0. The molecule has 0 radical (unpaired) electrons. The minimum atomic E-state index is -0.767. The van der Waals surface area contributed by atoms with Crippen LogP contribution in [0.1, 0.15) is 6.92 Å². The Balaban J connectivity index is 2.42. The van der Waals surface area contributed by atoms with Crippen molar-refractivity contribution in [3.8, 4) is 0 Å². The molecule has 0 unspecified atom stereocenters. The zero-order chi connectivity index (χ0) is 12.3. The molecule has 1 heterocycles. The average molecular weight is 232 g/mol. The number of nitrogens with zero attached hydrogens (tertiary/aromatic N) is 1. The fourth-order valence-corrected chi connectivity index (χ4v) is 1.63. The minimum absolute atomic E-state index is 0.158. The molecule has 0 fully saturated rings. The first-order valence-corrected chi connectivity index (χ1v) is 5.52. The normalized spacial score (nSPS) is 11.7. The monoisotopic (exact) mass is 232 g/mol. The van der Waals surface area contributed by atoms with Crippen LogP contribution in [-0.2, 0) is 0 Å². The van der Waals surface area contributed by atoms with Crippen LogP contribution in [0.5, 0.6) is 0 Å². The standard InChI is InChI=1S/C13H16N2O2/c1-13(8-16,9-17)15-12-11-5-3-2-4-10(11)6-7-14-12/h2-7,16-17H,8-9H2,1H3,(H,14,15). The predicted octanol–water partition coefficient (Wildman–Crippen LogP) is 1.39. The summed E-state index contributed by atoms with van der Waals surface area (Å²) in [6.45, 7) is 1.43. The van der Waals surface area contributed by atoms with Gasteiger partial charge in [-0.15, -0.1) is 0 Å². The smallest absolute Gasteiger partial charge is 0.134 e. The molecule has 90 valence electrons. The summed E-state index contributed by atoms with van der Waals surface area (Å²) < 4.78 is 0. The molecule has 0 bridgehead atoms. The SMILES string of the molecule is CC(CO)(CO)Nc1nccc2ccccc12. The number of anilines is 1. The minimum Gasteiger partial charge on any atom is -0.394 e. The Hall–Kier alpha value is -1.65. The summed E-state index contributed by atoms with van der Waals surface area (Å²) in [5.74, 6) is 0.675. The highest BCUT2D eigenvalue weighted by Crippen LogP contribution is 2.23. The Bertz CT molecular complexity index is 504. The van der Waals surface area contributed by atoms with Gasteiger partial charge in [-0.25, -0.2) is 4.98 Å². The van der Waals surface area contributed by atoms with E-state index in [2.05, 4.69) is 10.3 Å². The number of fused-ring (bicyclic) bond motifs is 1. The van der Waals surface area contributed by atoms with E-state index in [0.29, 0.717) is 5.82 Å². The second-order valence-electron chi connectivity index (χ2n) is 4.38. The summed E-state index contributed by atoms with van der Waals surface area (Å²) in [4.78, 5) is 4.25. The molecule has 3 N–H and O–H groups in total. The molecule has 0 saturated heterocycles. The molecule has 0 spiro atoms. The van der Waals surface area contributed by atoms with Crippen LogP contribution < -0.4 is 5.32 Å². The lowest BCUT2D eigenvalue weighted by Gasteiger charge is -2.27. The van der Waals surface area contributed by atoms with E-state index in [9.17, 15) is 10.2 Å². The van der Waals surface area contributed by atoms with Gasteiger partial charge < -0.3 is 15.5 Å². The van der Waals surface area contributed by atoms with Crippen molar-refractivity contribution in [1.29, 1.82) is 0 Å². The van der Waals surface area contributed by atoms with Crippen molar-refractivity contribution in [2.45, 2.75) is 12.5 Å². The third-order valence-electron chi connectivity index (χ3n) is 2.79. The van der Waals surface area contributed by atoms with Gasteiger partial charge >= 0.3 is 0 Å². The Morgan fingerprint density at radius 1 is 1.18 bits per heavy atom. The third kappa shape index (κ3) is 2.38. The van der Waals surface area contributed by atoms with Gasteiger partial charge in [-0.1, -0.05) is 24.3 Å². The van der Waals surface area contributed by atoms with Crippen molar-refractivity contribution in [2.75, 3.05) is 18.5 Å². The molecule has 0 aliphatic carbocycles. The van der Waals surface area contributed by atoms with Crippen molar-refractivity contribution in [3.05, 3.63) is 36.5 Å². The number of hydrogen-bond donors (Lipinski definition) is 3. The number of aliphatic hydroxyl groups excluding tert-OH is 2. The van der Waals surface area contributed by atoms with E-state index in [0.717, 1.165) is 10.8 Å². The van der Waals surface area contributed by atoms with E-state index >= 15 is 0 Å². The Morgan fingerprint density at radius 3 is 2.59 bits per heavy atom. The van der Waals surface area contributed by atoms with Gasteiger partial charge in [0.05, 0.1) is 18.8 Å². The quantitative estimate of drug-likeness (QED) is 0.745. The van der Waals surface area contributed by atoms with Gasteiger partial charge in [0, 0.05) is 11.6 Å². The second kappa shape index (κ2) is 4.69. The molecule has 1 aromatic heterocycles. The Labute approximate surface area is 99.9 Å². The van der Waals surface area contributed by atoms with Gasteiger partial charge in [-0.05, 0) is 18.4 Å². The van der Waals surface area contributed by atoms with E-state index in [1.807, 2.05) is 30.3 Å². The number of hydrogen-bond acceptors (Lipinski definition) is 4. The molecule has 1 aromatic carbocycles. The Kier molecular flexibility index (Phi) is 3.26. The van der Waals surface area contributed by atoms with Crippen LogP contribution in [0.25, 0.3) is 10.8 Å². The van der Waals surface area contributed by atoms with E-state index in [1.54, 1.807) is 13.1 Å². The number of benzene rings is 1. The van der Waals surface area contributed by atoms with E-state index in [-0.39, 0.29) is 13.2 Å². The van der Waals surface area contributed by atoms with Crippen LogP contribution in [0.2, 0.25) is 0 Å². The molecule has 4 heteroatoms. The molecule has 0 amide bonds. The zero-order valence-corrected chi connectivity index (χ0v) is 9.72. The lowest BCUT2D eigenvalue weighted by molar-refractivity contribution is 0.147. The molecule has 2 aromatic rings. The van der Waals surface area contributed by atoms with Gasteiger partial charge in [0.15, 0.2) is 0 Å². The molecule has 2 rings (SSSR count). The van der Waals surface area contributed by atoms with Gasteiger partial charge in [-0.2, -0.15) is 0 Å². The predicted molar refractivity (Wildman–Crippen MR) is 67.9 cm³/mol. The zero-order valence-electron chi connectivity index (χ0n) is 9.72. The van der Waals surface area contributed by atoms with Crippen molar-refractivity contribution in [3.63, 3.8) is 0 Å². The number of aliphatic hydroxyl groups is 2. The van der Waals surface area contributed by atoms with Crippen molar-refractivity contribution >= 4 is 16.6 Å². The highest BCUT2D eigenvalue weighted by Gasteiger charge is 2.23. The highest BCUT2D eigenvalue weighted by atomic mass is 16.3. The van der Waals surface area contributed by atoms with E-state index in [1.165, 1.54) is 0 Å². The first-order valence-electron chi connectivity index (χ1n) is 5.52. The van der Waals surface area contributed by atoms with Crippen LogP contribution in [-0.4, -0.2) is 33.9 Å². The van der Waals surface area contributed by atoms with E-state index < -0.39 is 5.54 Å². The number of aromatic nitrogens is 1. The van der Waals surface area contributed by atoms with Gasteiger partial charge in [0.1, 0.15) is 5.82 Å². The molecule has 4 nitrogen and oxygen atoms in total. The fraction of sp³-hybridized carbons (Fsp3) is 0.308. The third-order valence-corrected chi connectivity index (χ3v) is 2.79. The molecule has 0 saturated carbocycles. The molecular weight excluding hydrogens is 216 g/mol. The van der Waals surface area contributed by atoms with Gasteiger partial charge in [-0.3, -0.25) is 0 Å². The summed E-state index contributed by atoms with van der Waals surface area (Å²) >= 11 is 0. The van der Waals surface area contributed by atoms with Crippen LogP contribution in [0.3, 0.4) is 0 Å². The Morgan fingerprint density at radius 2 is 1.88 bits per heavy atom. The fourth-order valence-electron chi connectivity index (χ4n) is 1.63. The highest BCUT2D eigenvalue weighted by molar-refractivity contribution is 5.91. The maximum absolute atomic E-state index is 9.27. The topological polar surface area (TPSA) is 65.4 Å². The van der Waals surface area contributed by atoms with Crippen LogP contribution in [0.4, 0.5) is 5.82 Å². The molecule has 0 aliphatic rings. The lowest BCUT2D eigenvalue weighted by Crippen LogP contribution is -2.42. The summed E-state index contributed by atoms with van der Waals surface area (Å²) in [6, 6.07) is 9.78. The number of pyridine rings is 1. The maximum Gasteiger partial charge on any atom is 0.134 e. The first-order chi connectivity index (χ1) is 8.18. The number of rotatable bonds is 4. The van der Waals surface area contributed by atoms with Crippen LogP contribution in [0.15, 0.2) is 36.5 Å². The number of nitrogens with one attached hydrogen (secondary N) is 1. The summed E-state index contributed by atoms with van der Waals surface area (Å²) in [5, 5.41) is 23.7.